The van der Waals surface area contributed by atoms with Gasteiger partial charge in [0.05, 0.1) is 38.0 Å². The average Bonchev–Trinajstić information content (AvgIpc) is 2.93. The van der Waals surface area contributed by atoms with E-state index in [0.717, 1.165) is 11.1 Å². The second-order valence-electron chi connectivity index (χ2n) is 10.3. The fourth-order valence-electron chi connectivity index (χ4n) is 4.95. The molecule has 4 nitrogen and oxygen atoms in total. The van der Waals surface area contributed by atoms with Crippen LogP contribution in [0.15, 0.2) is 66.4 Å². The van der Waals surface area contributed by atoms with Crippen molar-refractivity contribution in [2.45, 2.75) is 37.5 Å². The number of phenols is 4. The summed E-state index contributed by atoms with van der Waals surface area (Å²) in [5.74, 6) is -0.316. The third-order valence-electron chi connectivity index (χ3n) is 7.74. The molecule has 0 bridgehead atoms. The molecule has 12 heteroatoms. The number of benzene rings is 4. The minimum absolute atomic E-state index is 0.0701. The quantitative estimate of drug-likeness (QED) is 0.149. The van der Waals surface area contributed by atoms with Crippen LogP contribution in [-0.4, -0.2) is 20.4 Å². The van der Waals surface area contributed by atoms with Crippen LogP contribution in [0.1, 0.15) is 48.9 Å². The predicted molar refractivity (Wildman–Crippen MR) is 185 cm³/mol. The number of hydrogen-bond donors (Lipinski definition) is 4. The molecule has 0 atom stereocenters. The van der Waals surface area contributed by atoms with Crippen molar-refractivity contribution >= 4 is 110 Å². The standard InChI is InChI=1S/C30H22Br4Cl4O4/c1-29(13-5-17(31)25(39)18(32)6-13,14-7-19(33)26(40)20(34)8-14)3-4-30(2,15-9-21(35)27(41)22(36)10-15)16-11-23(37)28(42)24(38)12-16/h5-12,39-42H,3-4H2,1-2H3. The van der Waals surface area contributed by atoms with Crippen LogP contribution in [-0.2, 0) is 10.8 Å². The van der Waals surface area contributed by atoms with Gasteiger partial charge in [0, 0.05) is 10.8 Å². The molecule has 4 aromatic rings. The highest BCUT2D eigenvalue weighted by Gasteiger charge is 2.38. The molecule has 0 aliphatic rings. The normalized spacial score (nSPS) is 12.1. The summed E-state index contributed by atoms with van der Waals surface area (Å²) >= 11 is 39.4. The van der Waals surface area contributed by atoms with E-state index in [-0.39, 0.29) is 43.1 Å². The first-order chi connectivity index (χ1) is 19.5. The summed E-state index contributed by atoms with van der Waals surface area (Å²) < 4.78 is 2.03. The van der Waals surface area contributed by atoms with Gasteiger partial charge in [-0.05, 0) is 147 Å². The summed E-state index contributed by atoms with van der Waals surface area (Å²) in [5.41, 5.74) is 1.59. The summed E-state index contributed by atoms with van der Waals surface area (Å²) in [7, 11) is 0. The first kappa shape index (κ1) is 34.0. The van der Waals surface area contributed by atoms with Crippen LogP contribution >= 0.6 is 110 Å². The van der Waals surface area contributed by atoms with Crippen molar-refractivity contribution in [2.24, 2.45) is 0 Å². The molecule has 0 saturated heterocycles. The van der Waals surface area contributed by atoms with E-state index in [1.807, 2.05) is 31.2 Å². The molecule has 0 amide bonds. The number of halogens is 8. The Bertz CT molecular complexity index is 1380. The maximum absolute atomic E-state index is 10.5. The Morgan fingerprint density at radius 3 is 0.905 bits per heavy atom. The Balaban J connectivity index is 1.96. The summed E-state index contributed by atoms with van der Waals surface area (Å²) in [6, 6.07) is 14.0. The van der Waals surface area contributed by atoms with E-state index in [0.29, 0.717) is 41.9 Å². The van der Waals surface area contributed by atoms with Gasteiger partial charge in [0.1, 0.15) is 11.5 Å². The highest BCUT2D eigenvalue weighted by atomic mass is 79.9. The lowest BCUT2D eigenvalue weighted by Gasteiger charge is -2.38. The Kier molecular flexibility index (Phi) is 10.4. The van der Waals surface area contributed by atoms with Gasteiger partial charge < -0.3 is 20.4 Å². The average molecular weight is 908 g/mol. The molecule has 0 heterocycles. The van der Waals surface area contributed by atoms with Gasteiger partial charge in [-0.1, -0.05) is 60.3 Å². The molecule has 0 unspecified atom stereocenters. The summed E-state index contributed by atoms with van der Waals surface area (Å²) in [6.07, 6.45) is 0.966. The molecule has 0 spiro atoms. The van der Waals surface area contributed by atoms with Gasteiger partial charge in [0.25, 0.3) is 0 Å². The number of rotatable bonds is 7. The van der Waals surface area contributed by atoms with Crippen molar-refractivity contribution < 1.29 is 20.4 Å². The van der Waals surface area contributed by atoms with Gasteiger partial charge in [-0.25, -0.2) is 0 Å². The molecule has 0 aromatic heterocycles. The molecule has 0 aliphatic carbocycles. The molecule has 4 rings (SSSR count). The van der Waals surface area contributed by atoms with Crippen molar-refractivity contribution in [1.29, 1.82) is 0 Å². The highest BCUT2D eigenvalue weighted by Crippen LogP contribution is 2.50. The lowest BCUT2D eigenvalue weighted by atomic mass is 9.66. The Morgan fingerprint density at radius 1 is 0.452 bits per heavy atom. The van der Waals surface area contributed by atoms with Gasteiger partial charge >= 0.3 is 0 Å². The molecular weight excluding hydrogens is 886 g/mol. The molecule has 0 radical (unpaired) electrons. The molecule has 4 N–H and O–H groups in total. The van der Waals surface area contributed by atoms with E-state index in [1.54, 1.807) is 24.3 Å². The molecule has 42 heavy (non-hydrogen) atoms. The van der Waals surface area contributed by atoms with E-state index < -0.39 is 10.8 Å². The molecule has 0 fully saturated rings. The van der Waals surface area contributed by atoms with Gasteiger partial charge in [0.15, 0.2) is 11.5 Å². The zero-order valence-corrected chi connectivity index (χ0v) is 31.2. The van der Waals surface area contributed by atoms with Crippen molar-refractivity contribution in [1.82, 2.24) is 0 Å². The van der Waals surface area contributed by atoms with Crippen molar-refractivity contribution in [3.63, 3.8) is 0 Å². The Morgan fingerprint density at radius 2 is 0.667 bits per heavy atom. The third-order valence-corrected chi connectivity index (χ3v) is 11.3. The van der Waals surface area contributed by atoms with Crippen LogP contribution in [0.2, 0.25) is 20.1 Å². The maximum Gasteiger partial charge on any atom is 0.152 e. The molecule has 222 valence electrons. The topological polar surface area (TPSA) is 80.9 Å². The van der Waals surface area contributed by atoms with E-state index in [4.69, 9.17) is 46.4 Å². The highest BCUT2D eigenvalue weighted by molar-refractivity contribution is 9.11. The lowest BCUT2D eigenvalue weighted by Crippen LogP contribution is -2.31. The van der Waals surface area contributed by atoms with Crippen molar-refractivity contribution in [3.05, 3.63) is 109 Å². The summed E-state index contributed by atoms with van der Waals surface area (Å²) in [5, 5.41) is 41.9. The van der Waals surface area contributed by atoms with Crippen LogP contribution in [0.5, 0.6) is 23.0 Å². The van der Waals surface area contributed by atoms with Gasteiger partial charge in [-0.2, -0.15) is 0 Å². The number of aromatic hydroxyl groups is 4. The SMILES string of the molecule is CC(CCC(C)(c1cc(Br)c(O)c(Br)c1)c1cc(Br)c(O)c(Br)c1)(c1cc(Cl)c(O)c(Cl)c1)c1cc(Cl)c(O)c(Cl)c1. The van der Waals surface area contributed by atoms with Crippen LogP contribution in [0, 0.1) is 0 Å². The fourth-order valence-corrected chi connectivity index (χ4v) is 8.29. The minimum atomic E-state index is -0.833. The van der Waals surface area contributed by atoms with E-state index in [2.05, 4.69) is 70.6 Å². The zero-order valence-electron chi connectivity index (χ0n) is 21.8. The molecule has 0 aliphatic heterocycles. The third kappa shape index (κ3) is 6.43. The summed E-state index contributed by atoms with van der Waals surface area (Å²) in [4.78, 5) is 0. The van der Waals surface area contributed by atoms with E-state index in [1.165, 1.54) is 0 Å². The maximum atomic E-state index is 10.5. The molecule has 4 aromatic carbocycles. The second-order valence-corrected chi connectivity index (χ2v) is 15.4. The fraction of sp³-hybridized carbons (Fsp3) is 0.200. The van der Waals surface area contributed by atoms with E-state index in [9.17, 15) is 20.4 Å². The van der Waals surface area contributed by atoms with Crippen LogP contribution < -0.4 is 0 Å². The van der Waals surface area contributed by atoms with Crippen LogP contribution in [0.3, 0.4) is 0 Å². The molecular formula is C30H22Br4Cl4O4. The predicted octanol–water partition coefficient (Wildman–Crippen LogP) is 12.3. The van der Waals surface area contributed by atoms with Crippen LogP contribution in [0.25, 0.3) is 0 Å². The Labute approximate surface area is 297 Å². The van der Waals surface area contributed by atoms with Crippen molar-refractivity contribution in [2.75, 3.05) is 0 Å². The molecule has 0 saturated carbocycles. The van der Waals surface area contributed by atoms with Gasteiger partial charge in [-0.15, -0.1) is 0 Å². The van der Waals surface area contributed by atoms with Crippen LogP contribution in [0.4, 0.5) is 0 Å². The largest absolute Gasteiger partial charge is 0.506 e. The minimum Gasteiger partial charge on any atom is -0.506 e. The number of phenolic OH excluding ortho intramolecular Hbond substituents is 4. The Hall–Kier alpha value is -0.840. The zero-order chi connectivity index (χ0) is 31.3. The first-order valence-corrected chi connectivity index (χ1v) is 16.9. The second kappa shape index (κ2) is 12.9. The van der Waals surface area contributed by atoms with E-state index >= 15 is 0 Å². The van der Waals surface area contributed by atoms with Crippen molar-refractivity contribution in [3.8, 4) is 23.0 Å². The smallest absolute Gasteiger partial charge is 0.152 e. The number of hydrogen-bond acceptors (Lipinski definition) is 4. The van der Waals surface area contributed by atoms with Gasteiger partial charge in [-0.3, -0.25) is 0 Å². The lowest BCUT2D eigenvalue weighted by molar-refractivity contribution is 0.409. The monoisotopic (exact) mass is 902 g/mol. The van der Waals surface area contributed by atoms with Gasteiger partial charge in [0.2, 0.25) is 0 Å². The first-order valence-electron chi connectivity index (χ1n) is 12.2. The summed E-state index contributed by atoms with van der Waals surface area (Å²) in [6.45, 7) is 4.05.